The number of aromatic hydroxyl groups is 1. The Morgan fingerprint density at radius 3 is 2.09 bits per heavy atom. The van der Waals surface area contributed by atoms with Gasteiger partial charge in [-0.2, -0.15) is 30.4 Å². The Bertz CT molecular complexity index is 2070. The van der Waals surface area contributed by atoms with Crippen LogP contribution in [-0.2, 0) is 66.5 Å². The molecular weight excluding hydrogens is 726 g/mol. The predicted octanol–water partition coefficient (Wildman–Crippen LogP) is 0.727. The van der Waals surface area contributed by atoms with Crippen molar-refractivity contribution >= 4 is 75.3 Å². The summed E-state index contributed by atoms with van der Waals surface area (Å²) >= 11 is 0. The Morgan fingerprint density at radius 1 is 0.955 bits per heavy atom. The number of fused-ring (bicyclic) bond motifs is 1. The third-order valence-electron chi connectivity index (χ3n) is 5.49. The molecule has 0 aliphatic heterocycles. The van der Waals surface area contributed by atoms with Crippen LogP contribution in [0.4, 0.5) is 11.4 Å². The molecule has 1 amide bonds. The van der Waals surface area contributed by atoms with Crippen molar-refractivity contribution in [1.82, 2.24) is 0 Å². The van der Waals surface area contributed by atoms with Gasteiger partial charge in [0.15, 0.2) is 15.5 Å². The minimum absolute atomic E-state index is 0. The monoisotopic (exact) mass is 749 g/mol. The summed E-state index contributed by atoms with van der Waals surface area (Å²) in [6.07, 6.45) is 0.641. The minimum atomic E-state index is -5.25. The molecule has 18 nitrogen and oxygen atoms in total. The van der Waals surface area contributed by atoms with Crippen molar-refractivity contribution in [2.75, 3.05) is 23.1 Å². The Kier molecular flexibility index (Phi) is 10.9. The fraction of sp³-hybridized carbons (Fsp3) is 0.190. The molecule has 0 unspecified atom stereocenters. The molecule has 2 aromatic rings. The molecule has 1 aliphatic rings. The van der Waals surface area contributed by atoms with Crippen LogP contribution in [0.15, 0.2) is 44.1 Å². The number of carbonyl (C=O) groups is 2. The molecule has 1 radical (unpaired) electrons. The van der Waals surface area contributed by atoms with Crippen LogP contribution in [0.5, 0.6) is 5.75 Å². The summed E-state index contributed by atoms with van der Waals surface area (Å²) in [5.74, 6) is -3.78. The Hall–Kier alpha value is -3.25. The van der Waals surface area contributed by atoms with E-state index in [0.717, 1.165) is 25.1 Å². The first-order chi connectivity index (χ1) is 19.5. The van der Waals surface area contributed by atoms with Crippen molar-refractivity contribution in [3.63, 3.8) is 0 Å². The number of Topliss-reactive ketones (excluding diaryl/α,β-unsaturated/α-hetero) is 1. The molecule has 23 heteroatoms. The van der Waals surface area contributed by atoms with Crippen LogP contribution in [0.3, 0.4) is 0 Å². The number of nitrogens with zero attached hydrogens (tertiary/aromatic N) is 1. The fourth-order valence-electron chi connectivity index (χ4n) is 3.76. The maximum absolute atomic E-state index is 13.4. The molecule has 0 saturated carbocycles. The van der Waals surface area contributed by atoms with Crippen LogP contribution in [0.25, 0.3) is 6.08 Å². The van der Waals surface area contributed by atoms with Gasteiger partial charge in [-0.3, -0.25) is 28.7 Å². The maximum Gasteiger partial charge on any atom is 1.00 e. The van der Waals surface area contributed by atoms with Gasteiger partial charge >= 0.3 is 14.7 Å². The largest absolute Gasteiger partial charge is 1.00 e. The summed E-state index contributed by atoms with van der Waals surface area (Å²) < 4.78 is 126. The Balaban J connectivity index is 0. The van der Waals surface area contributed by atoms with Gasteiger partial charge in [0.05, 0.1) is 39.1 Å². The van der Waals surface area contributed by atoms with E-state index in [4.69, 9.17) is 4.55 Å². The number of phenolic OH excluding ortho intramolecular Hbond substituents is 1. The summed E-state index contributed by atoms with van der Waals surface area (Å²) in [4.78, 5) is 22.7. The van der Waals surface area contributed by atoms with Crippen LogP contribution >= 0.6 is 0 Å². The van der Waals surface area contributed by atoms with Crippen molar-refractivity contribution in [2.24, 2.45) is 5.10 Å². The summed E-state index contributed by atoms with van der Waals surface area (Å²) in [5, 5.41) is 16.2. The van der Waals surface area contributed by atoms with Crippen LogP contribution in [-0.4, -0.2) is 82.2 Å². The number of hydrogen-bond acceptors (Lipinski definition) is 14. The van der Waals surface area contributed by atoms with Gasteiger partial charge in [0.2, 0.25) is 11.7 Å². The predicted molar refractivity (Wildman–Crippen MR) is 151 cm³/mol. The number of hydrazone groups is 1. The third-order valence-corrected chi connectivity index (χ3v) is 9.47. The number of amides is 1. The second kappa shape index (κ2) is 13.0. The van der Waals surface area contributed by atoms with E-state index >= 15 is 0 Å². The normalized spacial score (nSPS) is 14.8. The molecule has 44 heavy (non-hydrogen) atoms. The molecule has 0 aromatic heterocycles. The average molecular weight is 750 g/mol. The molecule has 0 fully saturated rings. The van der Waals surface area contributed by atoms with Crippen molar-refractivity contribution < 1.29 is 87.6 Å². The van der Waals surface area contributed by atoms with Crippen LogP contribution in [0, 0.1) is 6.92 Å². The third kappa shape index (κ3) is 8.68. The Labute approximate surface area is 265 Å². The molecule has 6 N–H and O–H groups in total. The number of phenols is 1. The quantitative estimate of drug-likeness (QED) is 0.0844. The van der Waals surface area contributed by atoms with Gasteiger partial charge < -0.3 is 10.4 Å². The number of aryl methyl sites for hydroxylation is 1. The number of sulfone groups is 1. The van der Waals surface area contributed by atoms with Crippen molar-refractivity contribution in [3.8, 4) is 5.75 Å². The standard InChI is InChI=1S/C21H21N3O15S4.Cu/c1-10-5-14(16(26)9-17(10)40(28,29)4-3-39-43(36,37)38)23-24-20-18(42(33,34)35)7-12-6-13(41(30,31)32)8-15(22-11(2)25)19(12)21(20)27;/h5-9,23,26H,3-4H2,1-2H3,(H,22,25)(H,30,31,32)(H,33,34,35)(H,36,37,38);/p+3. The van der Waals surface area contributed by atoms with E-state index in [1.165, 1.54) is 6.92 Å². The molecule has 0 spiro atoms. The summed E-state index contributed by atoms with van der Waals surface area (Å²) in [6.45, 7) is 1.31. The molecule has 1 aliphatic carbocycles. The number of hydrogen-bond donors (Lipinski definition) is 6. The van der Waals surface area contributed by atoms with Crippen LogP contribution in [0.1, 0.15) is 32.7 Å². The number of anilines is 2. The average Bonchev–Trinajstić information content (AvgIpc) is 2.82. The van der Waals surface area contributed by atoms with Gasteiger partial charge in [-0.15, -0.1) is 0 Å². The van der Waals surface area contributed by atoms with Gasteiger partial charge in [-0.25, -0.2) is 12.6 Å². The number of nitrogens with one attached hydrogen (secondary N) is 2. The summed E-state index contributed by atoms with van der Waals surface area (Å²) in [7, 11) is -19.4. The number of rotatable bonds is 10. The minimum Gasteiger partial charge on any atom is -0.506 e. The first kappa shape index (κ1) is 36.9. The molecular formula is C21H24CuN3O15S4+3. The van der Waals surface area contributed by atoms with Gasteiger partial charge in [0, 0.05) is 30.1 Å². The van der Waals surface area contributed by atoms with E-state index < -0.39 is 107 Å². The molecule has 3 rings (SSSR count). The fourth-order valence-corrected chi connectivity index (χ4v) is 6.72. The zero-order chi connectivity index (χ0) is 32.7. The molecule has 0 heterocycles. The smallest absolute Gasteiger partial charge is 0.506 e. The summed E-state index contributed by atoms with van der Waals surface area (Å²) in [5.41, 5.74) is -0.654. The number of benzene rings is 2. The topological polar surface area (TPSA) is 297 Å². The molecule has 245 valence electrons. The van der Waals surface area contributed by atoms with E-state index in [0.29, 0.717) is 12.1 Å². The van der Waals surface area contributed by atoms with Gasteiger partial charge in [0.1, 0.15) is 10.7 Å². The van der Waals surface area contributed by atoms with Gasteiger partial charge in [-0.05, 0) is 42.3 Å². The van der Waals surface area contributed by atoms with Crippen LogP contribution in [0.2, 0.25) is 0 Å². The number of carbonyl (C=O) groups excluding carboxylic acids is 2. The van der Waals surface area contributed by atoms with Gasteiger partial charge in [0.25, 0.3) is 20.2 Å². The van der Waals surface area contributed by atoms with Gasteiger partial charge in [-0.1, -0.05) is 0 Å². The molecule has 0 bridgehead atoms. The first-order valence-corrected chi connectivity index (χ1v) is 17.1. The molecule has 0 atom stereocenters. The number of allylic oxidation sites excluding steroid dienone is 1. The van der Waals surface area contributed by atoms with E-state index in [2.05, 4.69) is 20.0 Å². The molecule has 0 saturated heterocycles. The maximum atomic E-state index is 13.4. The van der Waals surface area contributed by atoms with Crippen molar-refractivity contribution in [2.45, 2.75) is 23.6 Å². The van der Waals surface area contributed by atoms with Crippen LogP contribution < -0.4 is 10.7 Å². The SMILES string of the molecule is CC(=O)Nc1cc(S(=O)(=O)O)cc2c1C(=O)C(=NNc1cc(C)c(S(=O)(=O)CCOS(=O)(=O)O)cc1O)C(S(=O)(=O)O)=C2.[Cu].[H+].[H+].[H+]. The second-order valence-corrected chi connectivity index (χ2v) is 14.7. The Morgan fingerprint density at radius 2 is 1.57 bits per heavy atom. The first-order valence-electron chi connectivity index (χ1n) is 11.2. The number of ketones is 1. The zero-order valence-corrected chi connectivity index (χ0v) is 26.2. The second-order valence-electron chi connectivity index (χ2n) is 8.68. The molecule has 2 aromatic carbocycles. The van der Waals surface area contributed by atoms with E-state index in [-0.39, 0.29) is 32.6 Å². The van der Waals surface area contributed by atoms with E-state index in [1.807, 2.05) is 0 Å². The van der Waals surface area contributed by atoms with E-state index in [9.17, 15) is 57.5 Å². The van der Waals surface area contributed by atoms with Crippen molar-refractivity contribution in [3.05, 3.63) is 45.9 Å². The summed E-state index contributed by atoms with van der Waals surface area (Å²) in [6, 6.07) is 3.16. The van der Waals surface area contributed by atoms with Crippen molar-refractivity contribution in [1.29, 1.82) is 0 Å². The van der Waals surface area contributed by atoms with E-state index in [1.54, 1.807) is 0 Å². The zero-order valence-electron chi connectivity index (χ0n) is 25.0.